The molecule has 0 aliphatic carbocycles. The Morgan fingerprint density at radius 3 is 2.36 bits per heavy atom. The summed E-state index contributed by atoms with van der Waals surface area (Å²) in [5.41, 5.74) is 1.73. The van der Waals surface area contributed by atoms with Crippen molar-refractivity contribution in [1.82, 2.24) is 0 Å². The van der Waals surface area contributed by atoms with Gasteiger partial charge in [0.2, 0.25) is 0 Å². The molecular weight excluding hydrogens is 292 g/mol. The van der Waals surface area contributed by atoms with Gasteiger partial charge in [-0.1, -0.05) is 60.7 Å². The van der Waals surface area contributed by atoms with Gasteiger partial charge in [0.05, 0.1) is 15.7 Å². The zero-order chi connectivity index (χ0) is 15.1. The molecule has 2 nitrogen and oxygen atoms in total. The Labute approximate surface area is 130 Å². The first-order valence-corrected chi connectivity index (χ1v) is 8.64. The molecule has 0 N–H and O–H groups in total. The van der Waals surface area contributed by atoms with Crippen LogP contribution >= 0.6 is 0 Å². The van der Waals surface area contributed by atoms with E-state index in [0.717, 1.165) is 32.2 Å². The Hall–Kier alpha value is -2.39. The van der Waals surface area contributed by atoms with Crippen molar-refractivity contribution in [2.75, 3.05) is 6.26 Å². The van der Waals surface area contributed by atoms with Crippen LogP contribution in [0.5, 0.6) is 0 Å². The van der Waals surface area contributed by atoms with Crippen molar-refractivity contribution in [1.29, 1.82) is 0 Å². The fourth-order valence-corrected chi connectivity index (χ4v) is 3.81. The lowest BCUT2D eigenvalue weighted by Crippen LogP contribution is -1.89. The molecule has 0 spiro atoms. The van der Waals surface area contributed by atoms with E-state index in [4.69, 9.17) is 4.42 Å². The summed E-state index contributed by atoms with van der Waals surface area (Å²) in [5.74, 6) is 0.702. The summed E-state index contributed by atoms with van der Waals surface area (Å²) in [4.78, 5) is 0.776. The van der Waals surface area contributed by atoms with Gasteiger partial charge in [0.15, 0.2) is 5.76 Å². The van der Waals surface area contributed by atoms with E-state index in [0.29, 0.717) is 5.76 Å². The molecule has 4 aromatic rings. The van der Waals surface area contributed by atoms with E-state index < -0.39 is 10.8 Å². The average molecular weight is 306 g/mol. The summed E-state index contributed by atoms with van der Waals surface area (Å²) in [6.45, 7) is 0. The predicted octanol–water partition coefficient (Wildman–Crippen LogP) is 4.99. The topological polar surface area (TPSA) is 30.2 Å². The van der Waals surface area contributed by atoms with E-state index in [2.05, 4.69) is 12.1 Å². The Kier molecular flexibility index (Phi) is 3.09. The minimum Gasteiger partial charge on any atom is -0.455 e. The molecule has 0 unspecified atom stereocenters. The van der Waals surface area contributed by atoms with Crippen molar-refractivity contribution in [2.24, 2.45) is 0 Å². The highest BCUT2D eigenvalue weighted by molar-refractivity contribution is 7.84. The van der Waals surface area contributed by atoms with Crippen LogP contribution in [0.3, 0.4) is 0 Å². The molecule has 0 amide bonds. The normalized spacial score (nSPS) is 12.8. The summed E-state index contributed by atoms with van der Waals surface area (Å²) in [6, 6.07) is 22.0. The molecule has 0 fully saturated rings. The number of rotatable bonds is 2. The molecular formula is C19H14O2S. The quantitative estimate of drug-likeness (QED) is 0.522. The first-order valence-electron chi connectivity index (χ1n) is 7.09. The molecule has 0 saturated heterocycles. The summed E-state index contributed by atoms with van der Waals surface area (Å²) < 4.78 is 18.5. The summed E-state index contributed by atoms with van der Waals surface area (Å²) in [7, 11) is -1.13. The second kappa shape index (κ2) is 5.11. The third kappa shape index (κ3) is 1.97. The van der Waals surface area contributed by atoms with Gasteiger partial charge >= 0.3 is 0 Å². The van der Waals surface area contributed by atoms with Crippen molar-refractivity contribution in [2.45, 2.75) is 4.90 Å². The van der Waals surface area contributed by atoms with Crippen molar-refractivity contribution in [3.05, 3.63) is 66.7 Å². The van der Waals surface area contributed by atoms with Gasteiger partial charge < -0.3 is 4.42 Å². The van der Waals surface area contributed by atoms with Gasteiger partial charge in [-0.25, -0.2) is 0 Å². The number of fused-ring (bicyclic) bond motifs is 3. The summed E-state index contributed by atoms with van der Waals surface area (Å²) >= 11 is 0. The van der Waals surface area contributed by atoms with Crippen LogP contribution in [0.1, 0.15) is 0 Å². The van der Waals surface area contributed by atoms with E-state index in [9.17, 15) is 4.21 Å². The molecule has 3 heteroatoms. The van der Waals surface area contributed by atoms with Gasteiger partial charge in [-0.3, -0.25) is 4.21 Å². The fourth-order valence-electron chi connectivity index (χ4n) is 2.89. The molecule has 22 heavy (non-hydrogen) atoms. The van der Waals surface area contributed by atoms with Crippen LogP contribution < -0.4 is 0 Å². The molecule has 1 heterocycles. The lowest BCUT2D eigenvalue weighted by Gasteiger charge is -2.02. The Morgan fingerprint density at radius 1 is 0.864 bits per heavy atom. The molecule has 3 aromatic carbocycles. The van der Waals surface area contributed by atoms with Crippen molar-refractivity contribution < 1.29 is 8.63 Å². The van der Waals surface area contributed by atoms with Gasteiger partial charge in [-0.15, -0.1) is 0 Å². The SMILES string of the molecule is C[S@@](=O)c1c(-c2ccccc2)oc2ccc3ccccc3c12. The third-order valence-electron chi connectivity index (χ3n) is 3.86. The minimum absolute atomic E-state index is 0.702. The highest BCUT2D eigenvalue weighted by Gasteiger charge is 2.20. The second-order valence-electron chi connectivity index (χ2n) is 5.24. The first-order chi connectivity index (χ1) is 10.8. The molecule has 0 aliphatic heterocycles. The van der Waals surface area contributed by atoms with E-state index in [1.165, 1.54) is 0 Å². The molecule has 1 aromatic heterocycles. The molecule has 0 saturated carbocycles. The standard InChI is InChI=1S/C19H14O2S/c1-22(20)19-17-15-10-6-5-7-13(15)11-12-16(17)21-18(19)14-8-3-2-4-9-14/h2-12H,1H3/t22-/m1/s1. The monoisotopic (exact) mass is 306 g/mol. The lowest BCUT2D eigenvalue weighted by atomic mass is 10.1. The fraction of sp³-hybridized carbons (Fsp3) is 0.0526. The predicted molar refractivity (Wildman–Crippen MR) is 91.5 cm³/mol. The highest BCUT2D eigenvalue weighted by atomic mass is 32.2. The van der Waals surface area contributed by atoms with Crippen LogP contribution in [0, 0.1) is 0 Å². The molecule has 108 valence electrons. The van der Waals surface area contributed by atoms with Crippen LogP contribution in [0.4, 0.5) is 0 Å². The van der Waals surface area contributed by atoms with Gasteiger partial charge in [0, 0.05) is 17.2 Å². The molecule has 0 bridgehead atoms. The Balaban J connectivity index is 2.17. The maximum Gasteiger partial charge on any atom is 0.151 e. The van der Waals surface area contributed by atoms with Crippen LogP contribution in [0.2, 0.25) is 0 Å². The molecule has 1 atom stereocenters. The zero-order valence-electron chi connectivity index (χ0n) is 12.1. The average Bonchev–Trinajstić information content (AvgIpc) is 2.96. The third-order valence-corrected chi connectivity index (χ3v) is 4.82. The van der Waals surface area contributed by atoms with Crippen molar-refractivity contribution in [3.8, 4) is 11.3 Å². The van der Waals surface area contributed by atoms with E-state index in [-0.39, 0.29) is 0 Å². The molecule has 0 radical (unpaired) electrons. The van der Waals surface area contributed by atoms with Crippen LogP contribution in [0.25, 0.3) is 33.1 Å². The lowest BCUT2D eigenvalue weighted by molar-refractivity contribution is 0.623. The van der Waals surface area contributed by atoms with Crippen LogP contribution in [-0.2, 0) is 10.8 Å². The zero-order valence-corrected chi connectivity index (χ0v) is 12.9. The van der Waals surface area contributed by atoms with Gasteiger partial charge in [-0.05, 0) is 16.8 Å². The smallest absolute Gasteiger partial charge is 0.151 e. The number of benzene rings is 3. The largest absolute Gasteiger partial charge is 0.455 e. The van der Waals surface area contributed by atoms with Crippen LogP contribution in [0.15, 0.2) is 76.0 Å². The van der Waals surface area contributed by atoms with Crippen molar-refractivity contribution in [3.63, 3.8) is 0 Å². The van der Waals surface area contributed by atoms with Crippen molar-refractivity contribution >= 4 is 32.5 Å². The molecule has 0 aliphatic rings. The maximum atomic E-state index is 12.4. The van der Waals surface area contributed by atoms with E-state index in [1.54, 1.807) is 6.26 Å². The first kappa shape index (κ1) is 13.3. The van der Waals surface area contributed by atoms with E-state index >= 15 is 0 Å². The minimum atomic E-state index is -1.13. The van der Waals surface area contributed by atoms with Gasteiger partial charge in [0.25, 0.3) is 0 Å². The second-order valence-corrected chi connectivity index (χ2v) is 6.56. The molecule has 4 rings (SSSR count). The van der Waals surface area contributed by atoms with Crippen LogP contribution in [-0.4, -0.2) is 10.5 Å². The maximum absolute atomic E-state index is 12.4. The van der Waals surface area contributed by atoms with Gasteiger partial charge in [0.1, 0.15) is 5.58 Å². The number of furan rings is 1. The highest BCUT2D eigenvalue weighted by Crippen LogP contribution is 2.39. The van der Waals surface area contributed by atoms with Gasteiger partial charge in [-0.2, -0.15) is 0 Å². The Bertz CT molecular complexity index is 1000. The number of hydrogen-bond acceptors (Lipinski definition) is 2. The van der Waals surface area contributed by atoms with E-state index in [1.807, 2.05) is 54.6 Å². The summed E-state index contributed by atoms with van der Waals surface area (Å²) in [5, 5.41) is 3.16. The summed E-state index contributed by atoms with van der Waals surface area (Å²) in [6.07, 6.45) is 1.71. The Morgan fingerprint density at radius 2 is 1.59 bits per heavy atom. The number of hydrogen-bond donors (Lipinski definition) is 0.